The fourth-order valence-electron chi connectivity index (χ4n) is 0.637. The van der Waals surface area contributed by atoms with E-state index in [2.05, 4.69) is 0 Å². The highest BCUT2D eigenvalue weighted by molar-refractivity contribution is 7.16. The number of aliphatic hydroxyl groups is 1. The number of hydrogen-bond acceptors (Lipinski definition) is 2. The van der Waals surface area contributed by atoms with E-state index in [1.807, 2.05) is 6.92 Å². The fraction of sp³-hybridized carbons (Fsp3) is 0.333. The van der Waals surface area contributed by atoms with Gasteiger partial charge in [-0.05, 0) is 18.6 Å². The molecule has 0 aromatic carbocycles. The van der Waals surface area contributed by atoms with Crippen molar-refractivity contribution >= 4 is 22.9 Å². The van der Waals surface area contributed by atoms with E-state index >= 15 is 0 Å². The van der Waals surface area contributed by atoms with Crippen molar-refractivity contribution in [1.82, 2.24) is 0 Å². The molecule has 0 fully saturated rings. The van der Waals surface area contributed by atoms with Gasteiger partial charge >= 0.3 is 0 Å². The van der Waals surface area contributed by atoms with Crippen molar-refractivity contribution in [2.75, 3.05) is 0 Å². The maximum atomic E-state index is 8.68. The van der Waals surface area contributed by atoms with Crippen LogP contribution in [0.25, 0.3) is 0 Å². The van der Waals surface area contributed by atoms with Crippen LogP contribution < -0.4 is 0 Å². The first-order valence-electron chi connectivity index (χ1n) is 2.59. The molecule has 0 aliphatic rings. The summed E-state index contributed by atoms with van der Waals surface area (Å²) in [7, 11) is 0. The number of thiophene rings is 1. The third-order valence-corrected chi connectivity index (χ3v) is 2.38. The molecule has 3 heteroatoms. The maximum absolute atomic E-state index is 8.68. The van der Waals surface area contributed by atoms with Gasteiger partial charge in [-0.15, -0.1) is 11.3 Å². The standard InChI is InChI=1S/C6H7ClOS/c1-4-5(3-8)2-6(7)9-4/h2,8H,3H2,1H3. The largest absolute Gasteiger partial charge is 0.392 e. The summed E-state index contributed by atoms with van der Waals surface area (Å²) in [6.07, 6.45) is 0. The van der Waals surface area contributed by atoms with Gasteiger partial charge in [0, 0.05) is 4.88 Å². The molecular formula is C6H7ClOS. The van der Waals surface area contributed by atoms with Gasteiger partial charge in [-0.1, -0.05) is 11.6 Å². The highest BCUT2D eigenvalue weighted by Crippen LogP contribution is 2.25. The van der Waals surface area contributed by atoms with E-state index in [9.17, 15) is 0 Å². The molecule has 1 aromatic rings. The molecule has 9 heavy (non-hydrogen) atoms. The Morgan fingerprint density at radius 1 is 1.78 bits per heavy atom. The van der Waals surface area contributed by atoms with Crippen LogP contribution in [-0.2, 0) is 6.61 Å². The number of rotatable bonds is 1. The minimum Gasteiger partial charge on any atom is -0.392 e. The van der Waals surface area contributed by atoms with Gasteiger partial charge < -0.3 is 5.11 Å². The van der Waals surface area contributed by atoms with Crippen molar-refractivity contribution in [3.05, 3.63) is 20.8 Å². The summed E-state index contributed by atoms with van der Waals surface area (Å²) in [5, 5.41) is 8.68. The van der Waals surface area contributed by atoms with Gasteiger partial charge in [-0.3, -0.25) is 0 Å². The molecule has 0 bridgehead atoms. The van der Waals surface area contributed by atoms with Gasteiger partial charge in [-0.2, -0.15) is 0 Å². The third-order valence-electron chi connectivity index (χ3n) is 1.16. The summed E-state index contributed by atoms with van der Waals surface area (Å²) in [6.45, 7) is 2.04. The van der Waals surface area contributed by atoms with Gasteiger partial charge in [0.05, 0.1) is 10.9 Å². The SMILES string of the molecule is Cc1sc(Cl)cc1CO. The van der Waals surface area contributed by atoms with Crippen molar-refractivity contribution in [1.29, 1.82) is 0 Å². The van der Waals surface area contributed by atoms with Gasteiger partial charge in [0.15, 0.2) is 0 Å². The minimum atomic E-state index is 0.0923. The molecule has 1 N–H and O–H groups in total. The summed E-state index contributed by atoms with van der Waals surface area (Å²) in [5.74, 6) is 0. The molecule has 0 aliphatic carbocycles. The van der Waals surface area contributed by atoms with Crippen LogP contribution in [0.5, 0.6) is 0 Å². The number of aryl methyl sites for hydroxylation is 1. The van der Waals surface area contributed by atoms with Crippen LogP contribution in [-0.4, -0.2) is 5.11 Å². The lowest BCUT2D eigenvalue weighted by Gasteiger charge is -1.87. The minimum absolute atomic E-state index is 0.0923. The highest BCUT2D eigenvalue weighted by atomic mass is 35.5. The Bertz CT molecular complexity index is 207. The van der Waals surface area contributed by atoms with Crippen LogP contribution in [0.3, 0.4) is 0 Å². The number of aliphatic hydroxyl groups excluding tert-OH is 1. The fourth-order valence-corrected chi connectivity index (χ4v) is 1.86. The second-order valence-corrected chi connectivity index (χ2v) is 3.68. The summed E-state index contributed by atoms with van der Waals surface area (Å²) in [5.41, 5.74) is 0.935. The molecule has 1 heterocycles. The van der Waals surface area contributed by atoms with E-state index in [0.29, 0.717) is 0 Å². The van der Waals surface area contributed by atoms with Crippen LogP contribution in [0, 0.1) is 6.92 Å². The quantitative estimate of drug-likeness (QED) is 0.672. The first-order valence-corrected chi connectivity index (χ1v) is 3.79. The van der Waals surface area contributed by atoms with Crippen molar-refractivity contribution < 1.29 is 5.11 Å². The lowest BCUT2D eigenvalue weighted by atomic mass is 10.3. The molecular weight excluding hydrogens is 156 g/mol. The van der Waals surface area contributed by atoms with Crippen molar-refractivity contribution in [3.63, 3.8) is 0 Å². The Morgan fingerprint density at radius 3 is 2.67 bits per heavy atom. The summed E-state index contributed by atoms with van der Waals surface area (Å²) in [6, 6.07) is 1.79. The topological polar surface area (TPSA) is 20.2 Å². The molecule has 0 saturated carbocycles. The van der Waals surface area contributed by atoms with Crippen LogP contribution in [0.2, 0.25) is 4.34 Å². The Labute approximate surface area is 62.9 Å². The molecule has 0 unspecified atom stereocenters. The van der Waals surface area contributed by atoms with E-state index in [1.165, 1.54) is 11.3 Å². The predicted octanol–water partition coefficient (Wildman–Crippen LogP) is 2.20. The molecule has 0 spiro atoms. The molecule has 0 saturated heterocycles. The van der Waals surface area contributed by atoms with E-state index < -0.39 is 0 Å². The monoisotopic (exact) mass is 162 g/mol. The Balaban J connectivity index is 3.01. The lowest BCUT2D eigenvalue weighted by Crippen LogP contribution is -1.78. The van der Waals surface area contributed by atoms with Crippen LogP contribution in [0.15, 0.2) is 6.07 Å². The molecule has 0 atom stereocenters. The summed E-state index contributed by atoms with van der Waals surface area (Å²) < 4.78 is 0.747. The zero-order chi connectivity index (χ0) is 6.85. The normalized spacial score (nSPS) is 10.1. The first kappa shape index (κ1) is 7.06. The molecule has 0 radical (unpaired) electrons. The van der Waals surface area contributed by atoms with Crippen molar-refractivity contribution in [2.24, 2.45) is 0 Å². The van der Waals surface area contributed by atoms with E-state index in [0.717, 1.165) is 14.8 Å². The number of halogens is 1. The molecule has 0 aliphatic heterocycles. The molecule has 0 amide bonds. The third kappa shape index (κ3) is 1.45. The molecule has 50 valence electrons. The van der Waals surface area contributed by atoms with E-state index in [-0.39, 0.29) is 6.61 Å². The predicted molar refractivity (Wildman–Crippen MR) is 40.0 cm³/mol. The van der Waals surface area contributed by atoms with E-state index in [1.54, 1.807) is 6.07 Å². The first-order chi connectivity index (χ1) is 4.24. The van der Waals surface area contributed by atoms with Gasteiger partial charge in [0.2, 0.25) is 0 Å². The second-order valence-electron chi connectivity index (χ2n) is 1.79. The average Bonchev–Trinajstić information content (AvgIpc) is 2.10. The Morgan fingerprint density at radius 2 is 2.44 bits per heavy atom. The van der Waals surface area contributed by atoms with Crippen LogP contribution in [0.4, 0.5) is 0 Å². The molecule has 1 rings (SSSR count). The van der Waals surface area contributed by atoms with Crippen LogP contribution >= 0.6 is 22.9 Å². The van der Waals surface area contributed by atoms with Gasteiger partial charge in [-0.25, -0.2) is 0 Å². The second kappa shape index (κ2) is 2.69. The van der Waals surface area contributed by atoms with Gasteiger partial charge in [0.25, 0.3) is 0 Å². The maximum Gasteiger partial charge on any atom is 0.0934 e. The zero-order valence-electron chi connectivity index (χ0n) is 5.02. The zero-order valence-corrected chi connectivity index (χ0v) is 6.59. The Kier molecular flexibility index (Phi) is 2.11. The summed E-state index contributed by atoms with van der Waals surface area (Å²) in [4.78, 5) is 1.10. The summed E-state index contributed by atoms with van der Waals surface area (Å²) >= 11 is 7.15. The van der Waals surface area contributed by atoms with Gasteiger partial charge in [0.1, 0.15) is 0 Å². The lowest BCUT2D eigenvalue weighted by molar-refractivity contribution is 0.281. The number of hydrogen-bond donors (Lipinski definition) is 1. The van der Waals surface area contributed by atoms with Crippen molar-refractivity contribution in [3.8, 4) is 0 Å². The average molecular weight is 163 g/mol. The molecule has 1 nitrogen and oxygen atoms in total. The molecule has 1 aromatic heterocycles. The van der Waals surface area contributed by atoms with E-state index in [4.69, 9.17) is 16.7 Å². The Hall–Kier alpha value is -0.0500. The van der Waals surface area contributed by atoms with Crippen LogP contribution in [0.1, 0.15) is 10.4 Å². The van der Waals surface area contributed by atoms with Crippen molar-refractivity contribution in [2.45, 2.75) is 13.5 Å². The highest BCUT2D eigenvalue weighted by Gasteiger charge is 2.00. The smallest absolute Gasteiger partial charge is 0.0934 e.